The number of aromatic nitrogens is 3. The number of carbonyl (C=O) groups is 1. The van der Waals surface area contributed by atoms with Crippen molar-refractivity contribution >= 4 is 29.0 Å². The number of amides is 1. The van der Waals surface area contributed by atoms with E-state index in [1.165, 1.54) is 12.8 Å². The number of carbonyl (C=O) groups excluding carboxylic acids is 1. The number of nitrogens with zero attached hydrogens (tertiary/aromatic N) is 4. The highest BCUT2D eigenvalue weighted by atomic mass is 32.2. The molecule has 0 unspecified atom stereocenters. The fraction of sp³-hybridized carbons (Fsp3) is 0.562. The van der Waals surface area contributed by atoms with Crippen molar-refractivity contribution in [1.82, 2.24) is 19.7 Å². The molecule has 3 heterocycles. The van der Waals surface area contributed by atoms with Crippen LogP contribution in [0.25, 0.3) is 10.7 Å². The van der Waals surface area contributed by atoms with Gasteiger partial charge in [-0.1, -0.05) is 17.8 Å². The van der Waals surface area contributed by atoms with Gasteiger partial charge in [0, 0.05) is 19.1 Å². The van der Waals surface area contributed by atoms with Crippen LogP contribution < -0.4 is 0 Å². The van der Waals surface area contributed by atoms with Crippen molar-refractivity contribution in [3.05, 3.63) is 17.5 Å². The Balaban J connectivity index is 1.56. The molecule has 2 aliphatic rings. The van der Waals surface area contributed by atoms with Crippen LogP contribution in [-0.4, -0.2) is 43.9 Å². The molecule has 0 radical (unpaired) electrons. The molecule has 0 aromatic carbocycles. The molecule has 0 bridgehead atoms. The average molecular weight is 348 g/mol. The lowest BCUT2D eigenvalue weighted by atomic mass is 10.4. The van der Waals surface area contributed by atoms with Gasteiger partial charge >= 0.3 is 0 Å². The summed E-state index contributed by atoms with van der Waals surface area (Å²) in [6.07, 6.45) is 4.62. The Hall–Kier alpha value is -1.34. The van der Waals surface area contributed by atoms with Gasteiger partial charge in [0.05, 0.1) is 10.1 Å². The highest BCUT2D eigenvalue weighted by molar-refractivity contribution is 8.00. The zero-order chi connectivity index (χ0) is 15.8. The molecule has 7 heteroatoms. The Kier molecular flexibility index (Phi) is 4.15. The average Bonchev–Trinajstić information content (AvgIpc) is 3.04. The summed E-state index contributed by atoms with van der Waals surface area (Å²) in [6.45, 7) is 3.79. The summed E-state index contributed by atoms with van der Waals surface area (Å²) in [5.74, 6) is 1.18. The predicted octanol–water partition coefficient (Wildman–Crippen LogP) is 3.44. The van der Waals surface area contributed by atoms with Gasteiger partial charge in [0.15, 0.2) is 11.0 Å². The van der Waals surface area contributed by atoms with Gasteiger partial charge in [0.2, 0.25) is 5.91 Å². The lowest BCUT2D eigenvalue weighted by Crippen LogP contribution is -2.34. The van der Waals surface area contributed by atoms with Crippen LogP contribution in [-0.2, 0) is 4.79 Å². The van der Waals surface area contributed by atoms with Crippen molar-refractivity contribution in [2.24, 2.45) is 0 Å². The molecule has 0 spiro atoms. The van der Waals surface area contributed by atoms with Crippen molar-refractivity contribution in [2.45, 2.75) is 49.1 Å². The highest BCUT2D eigenvalue weighted by Crippen LogP contribution is 2.42. The molecule has 23 heavy (non-hydrogen) atoms. The molecule has 122 valence electrons. The lowest BCUT2D eigenvalue weighted by Gasteiger charge is -2.19. The van der Waals surface area contributed by atoms with Crippen LogP contribution in [0.3, 0.4) is 0 Å². The van der Waals surface area contributed by atoms with E-state index in [-0.39, 0.29) is 11.2 Å². The van der Waals surface area contributed by atoms with E-state index in [0.717, 1.165) is 41.8 Å². The van der Waals surface area contributed by atoms with Gasteiger partial charge in [0.1, 0.15) is 0 Å². The SMILES string of the molecule is C[C@@H](Sc1nnc(-c2cccs2)n1C1CC1)C(=O)N1CCCC1. The number of hydrogen-bond acceptors (Lipinski definition) is 5. The van der Waals surface area contributed by atoms with Crippen LogP contribution in [0.5, 0.6) is 0 Å². The van der Waals surface area contributed by atoms with Crippen LogP contribution >= 0.6 is 23.1 Å². The van der Waals surface area contributed by atoms with Crippen molar-refractivity contribution in [3.63, 3.8) is 0 Å². The van der Waals surface area contributed by atoms with Gasteiger partial charge in [0.25, 0.3) is 0 Å². The molecule has 2 aromatic heterocycles. The quantitative estimate of drug-likeness (QED) is 0.777. The summed E-state index contributed by atoms with van der Waals surface area (Å²) in [6, 6.07) is 4.62. The smallest absolute Gasteiger partial charge is 0.235 e. The minimum atomic E-state index is -0.106. The van der Waals surface area contributed by atoms with Crippen LogP contribution in [0.1, 0.15) is 38.6 Å². The first kappa shape index (κ1) is 15.2. The van der Waals surface area contributed by atoms with E-state index in [0.29, 0.717) is 6.04 Å². The van der Waals surface area contributed by atoms with Crippen LogP contribution in [0.2, 0.25) is 0 Å². The van der Waals surface area contributed by atoms with Crippen molar-refractivity contribution in [3.8, 4) is 10.7 Å². The van der Waals surface area contributed by atoms with E-state index >= 15 is 0 Å². The topological polar surface area (TPSA) is 51.0 Å². The number of hydrogen-bond donors (Lipinski definition) is 0. The number of rotatable bonds is 5. The molecule has 0 N–H and O–H groups in total. The van der Waals surface area contributed by atoms with Gasteiger partial charge in [-0.2, -0.15) is 0 Å². The number of thiophene rings is 1. The van der Waals surface area contributed by atoms with Gasteiger partial charge in [-0.05, 0) is 44.1 Å². The molecular formula is C16H20N4OS2. The van der Waals surface area contributed by atoms with Crippen LogP contribution in [0.4, 0.5) is 0 Å². The zero-order valence-corrected chi connectivity index (χ0v) is 14.8. The molecule has 2 aromatic rings. The maximum atomic E-state index is 12.5. The van der Waals surface area contributed by atoms with Crippen molar-refractivity contribution < 1.29 is 4.79 Å². The Bertz CT molecular complexity index is 687. The van der Waals surface area contributed by atoms with E-state index < -0.39 is 0 Å². The second kappa shape index (κ2) is 6.28. The van der Waals surface area contributed by atoms with E-state index in [2.05, 4.69) is 26.2 Å². The molecule has 1 saturated carbocycles. The van der Waals surface area contributed by atoms with Crippen LogP contribution in [0, 0.1) is 0 Å². The predicted molar refractivity (Wildman–Crippen MR) is 92.7 cm³/mol. The third-order valence-electron chi connectivity index (χ3n) is 4.37. The fourth-order valence-corrected chi connectivity index (χ4v) is 4.70. The minimum Gasteiger partial charge on any atom is -0.342 e. The normalized spacial score (nSPS) is 19.3. The fourth-order valence-electron chi connectivity index (χ4n) is 3.00. The molecule has 5 nitrogen and oxygen atoms in total. The molecular weight excluding hydrogens is 328 g/mol. The first-order valence-corrected chi connectivity index (χ1v) is 9.94. The molecule has 1 atom stereocenters. The van der Waals surface area contributed by atoms with E-state index in [9.17, 15) is 4.79 Å². The van der Waals surface area contributed by atoms with E-state index in [4.69, 9.17) is 0 Å². The standard InChI is InChI=1S/C16H20N4OS2/c1-11(15(21)19-8-2-3-9-19)23-16-18-17-14(13-5-4-10-22-13)20(16)12-6-7-12/h4-5,10-12H,2-3,6-9H2,1H3/t11-/m1/s1. The first-order valence-electron chi connectivity index (χ1n) is 8.18. The molecule has 2 fully saturated rings. The van der Waals surface area contributed by atoms with Gasteiger partial charge < -0.3 is 4.90 Å². The summed E-state index contributed by atoms with van der Waals surface area (Å²) >= 11 is 3.24. The second-order valence-corrected chi connectivity index (χ2v) is 8.43. The third kappa shape index (κ3) is 3.04. The van der Waals surface area contributed by atoms with Crippen molar-refractivity contribution in [2.75, 3.05) is 13.1 Å². The summed E-state index contributed by atoms with van der Waals surface area (Å²) in [5.41, 5.74) is 0. The second-order valence-electron chi connectivity index (χ2n) is 6.18. The molecule has 4 rings (SSSR count). The summed E-state index contributed by atoms with van der Waals surface area (Å²) in [5, 5.41) is 11.6. The molecule has 1 amide bonds. The van der Waals surface area contributed by atoms with Gasteiger partial charge in [-0.25, -0.2) is 0 Å². The largest absolute Gasteiger partial charge is 0.342 e. The van der Waals surface area contributed by atoms with E-state index in [1.807, 2.05) is 17.9 Å². The number of likely N-dealkylation sites (tertiary alicyclic amines) is 1. The Morgan fingerprint density at radius 3 is 2.78 bits per heavy atom. The van der Waals surface area contributed by atoms with Gasteiger partial charge in [-0.15, -0.1) is 21.5 Å². The summed E-state index contributed by atoms with van der Waals surface area (Å²) in [7, 11) is 0. The first-order chi connectivity index (χ1) is 11.2. The molecule has 1 aliphatic heterocycles. The zero-order valence-electron chi connectivity index (χ0n) is 13.1. The third-order valence-corrected chi connectivity index (χ3v) is 6.28. The lowest BCUT2D eigenvalue weighted by molar-refractivity contribution is -0.129. The Labute approximate surface area is 144 Å². The summed E-state index contributed by atoms with van der Waals surface area (Å²) < 4.78 is 2.24. The number of thioether (sulfide) groups is 1. The van der Waals surface area contributed by atoms with Crippen LogP contribution in [0.15, 0.2) is 22.7 Å². The Morgan fingerprint density at radius 2 is 2.13 bits per heavy atom. The summed E-state index contributed by atoms with van der Waals surface area (Å²) in [4.78, 5) is 15.7. The molecule has 1 aliphatic carbocycles. The monoisotopic (exact) mass is 348 g/mol. The molecule has 1 saturated heterocycles. The highest BCUT2D eigenvalue weighted by Gasteiger charge is 2.32. The Morgan fingerprint density at radius 1 is 1.35 bits per heavy atom. The maximum absolute atomic E-state index is 12.5. The minimum absolute atomic E-state index is 0.106. The van der Waals surface area contributed by atoms with Gasteiger partial charge in [-0.3, -0.25) is 9.36 Å². The van der Waals surface area contributed by atoms with E-state index in [1.54, 1.807) is 23.1 Å². The van der Waals surface area contributed by atoms with Crippen molar-refractivity contribution in [1.29, 1.82) is 0 Å². The maximum Gasteiger partial charge on any atom is 0.235 e.